The minimum Gasteiger partial charge on any atom is -0.337 e. The van der Waals surface area contributed by atoms with Gasteiger partial charge < -0.3 is 10.6 Å². The Labute approximate surface area is 150 Å². The number of amides is 1. The molecule has 24 heavy (non-hydrogen) atoms. The highest BCUT2D eigenvalue weighted by molar-refractivity contribution is 7.89. The van der Waals surface area contributed by atoms with Crippen LogP contribution in [0.5, 0.6) is 0 Å². The molecular weight excluding hydrogens is 350 g/mol. The number of halogens is 1. The molecule has 1 saturated heterocycles. The van der Waals surface area contributed by atoms with E-state index < -0.39 is 10.0 Å². The monoisotopic (exact) mass is 375 g/mol. The lowest BCUT2D eigenvalue weighted by atomic mass is 10.1. The summed E-state index contributed by atoms with van der Waals surface area (Å²) in [4.78, 5) is 14.4. The van der Waals surface area contributed by atoms with Crippen LogP contribution in [0, 0.1) is 6.92 Å². The fourth-order valence-corrected chi connectivity index (χ4v) is 4.58. The van der Waals surface area contributed by atoms with E-state index in [1.165, 1.54) is 10.4 Å². The third-order valence-corrected chi connectivity index (χ3v) is 6.46. The van der Waals surface area contributed by atoms with Crippen LogP contribution in [-0.4, -0.2) is 55.8 Å². The SMILES string of the molecule is CCN(CC)S(=O)(=O)c1cc(C(=O)N2CC[C@@H](N)C2)ccc1C.Cl. The first-order chi connectivity index (χ1) is 10.8. The van der Waals surface area contributed by atoms with Crippen LogP contribution in [-0.2, 0) is 10.0 Å². The zero-order valence-electron chi connectivity index (χ0n) is 14.4. The van der Waals surface area contributed by atoms with Crippen molar-refractivity contribution < 1.29 is 13.2 Å². The molecule has 1 aromatic rings. The summed E-state index contributed by atoms with van der Waals surface area (Å²) < 4.78 is 26.9. The minimum atomic E-state index is -3.58. The molecule has 1 aromatic carbocycles. The molecule has 1 amide bonds. The number of sulfonamides is 1. The Balaban J connectivity index is 0.00000288. The van der Waals surface area contributed by atoms with E-state index in [-0.39, 0.29) is 29.3 Å². The number of carbonyl (C=O) groups is 1. The van der Waals surface area contributed by atoms with Gasteiger partial charge in [0.25, 0.3) is 5.91 Å². The van der Waals surface area contributed by atoms with Crippen LogP contribution in [0.15, 0.2) is 23.1 Å². The molecule has 8 heteroatoms. The molecule has 0 spiro atoms. The number of rotatable bonds is 5. The Kier molecular flexibility index (Phi) is 7.22. The summed E-state index contributed by atoms with van der Waals surface area (Å²) in [5.41, 5.74) is 6.89. The van der Waals surface area contributed by atoms with Crippen LogP contribution < -0.4 is 5.73 Å². The third kappa shape index (κ3) is 4.08. The van der Waals surface area contributed by atoms with E-state index in [2.05, 4.69) is 0 Å². The summed E-state index contributed by atoms with van der Waals surface area (Å²) >= 11 is 0. The van der Waals surface area contributed by atoms with Crippen LogP contribution >= 0.6 is 12.4 Å². The fourth-order valence-electron chi connectivity index (χ4n) is 2.87. The largest absolute Gasteiger partial charge is 0.337 e. The normalized spacial score (nSPS) is 17.9. The van der Waals surface area contributed by atoms with Gasteiger partial charge >= 0.3 is 0 Å². The number of nitrogens with two attached hydrogens (primary N) is 1. The maximum atomic E-state index is 12.7. The first kappa shape index (κ1) is 20.9. The lowest BCUT2D eigenvalue weighted by molar-refractivity contribution is 0.0790. The number of nitrogens with zero attached hydrogens (tertiary/aromatic N) is 2. The molecule has 0 unspecified atom stereocenters. The van der Waals surface area contributed by atoms with E-state index in [1.54, 1.807) is 37.8 Å². The highest BCUT2D eigenvalue weighted by Gasteiger charge is 2.28. The van der Waals surface area contributed by atoms with Crippen LogP contribution in [0.4, 0.5) is 0 Å². The highest BCUT2D eigenvalue weighted by Crippen LogP contribution is 2.23. The zero-order valence-corrected chi connectivity index (χ0v) is 16.0. The lowest BCUT2D eigenvalue weighted by Crippen LogP contribution is -2.33. The predicted octanol–water partition coefficient (Wildman–Crippen LogP) is 1.62. The second kappa shape index (κ2) is 8.29. The number of likely N-dealkylation sites (tertiary alicyclic amines) is 1. The quantitative estimate of drug-likeness (QED) is 0.847. The summed E-state index contributed by atoms with van der Waals surface area (Å²) in [5, 5.41) is 0. The zero-order chi connectivity index (χ0) is 17.2. The van der Waals surface area contributed by atoms with Crippen molar-refractivity contribution in [2.75, 3.05) is 26.2 Å². The van der Waals surface area contributed by atoms with Crippen molar-refractivity contribution in [2.24, 2.45) is 5.73 Å². The van der Waals surface area contributed by atoms with Crippen molar-refractivity contribution in [2.45, 2.75) is 38.1 Å². The second-order valence-corrected chi connectivity index (χ2v) is 7.78. The molecule has 1 fully saturated rings. The summed E-state index contributed by atoms with van der Waals surface area (Å²) in [7, 11) is -3.58. The lowest BCUT2D eigenvalue weighted by Gasteiger charge is -2.21. The molecule has 1 aliphatic heterocycles. The Morgan fingerprint density at radius 2 is 1.96 bits per heavy atom. The van der Waals surface area contributed by atoms with Crippen molar-refractivity contribution in [3.8, 4) is 0 Å². The average molecular weight is 376 g/mol. The fraction of sp³-hybridized carbons (Fsp3) is 0.562. The maximum absolute atomic E-state index is 12.7. The Hall–Kier alpha value is -1.15. The Morgan fingerprint density at radius 3 is 2.46 bits per heavy atom. The van der Waals surface area contributed by atoms with E-state index in [1.807, 2.05) is 0 Å². The van der Waals surface area contributed by atoms with Gasteiger partial charge in [0.1, 0.15) is 0 Å². The Bertz CT molecular complexity index is 690. The molecule has 0 bridgehead atoms. The van der Waals surface area contributed by atoms with E-state index in [0.29, 0.717) is 37.3 Å². The molecule has 2 N–H and O–H groups in total. The predicted molar refractivity (Wildman–Crippen MR) is 97.0 cm³/mol. The van der Waals surface area contributed by atoms with Gasteiger partial charge in [-0.1, -0.05) is 19.9 Å². The summed E-state index contributed by atoms with van der Waals surface area (Å²) in [6.45, 7) is 7.29. The molecule has 2 rings (SSSR count). The molecule has 0 aliphatic carbocycles. The number of hydrogen-bond acceptors (Lipinski definition) is 4. The van der Waals surface area contributed by atoms with Gasteiger partial charge in [0.15, 0.2) is 0 Å². The van der Waals surface area contributed by atoms with Crippen LogP contribution in [0.3, 0.4) is 0 Å². The average Bonchev–Trinajstić information content (AvgIpc) is 2.94. The molecule has 1 aliphatic rings. The molecule has 0 radical (unpaired) electrons. The summed E-state index contributed by atoms with van der Waals surface area (Å²) in [6, 6.07) is 4.88. The molecule has 1 atom stereocenters. The van der Waals surface area contributed by atoms with Crippen LogP contribution in [0.2, 0.25) is 0 Å². The van der Waals surface area contributed by atoms with Crippen molar-refractivity contribution >= 4 is 28.3 Å². The topological polar surface area (TPSA) is 83.7 Å². The summed E-state index contributed by atoms with van der Waals surface area (Å²) in [5.74, 6) is -0.158. The van der Waals surface area contributed by atoms with Gasteiger partial charge in [-0.15, -0.1) is 12.4 Å². The number of benzene rings is 1. The molecular formula is C16H26ClN3O3S. The Morgan fingerprint density at radius 1 is 1.33 bits per heavy atom. The van der Waals surface area contributed by atoms with E-state index in [0.717, 1.165) is 6.42 Å². The number of aryl methyl sites for hydroxylation is 1. The first-order valence-electron chi connectivity index (χ1n) is 7.96. The minimum absolute atomic E-state index is 0. The third-order valence-electron chi connectivity index (χ3n) is 4.27. The standard InChI is InChI=1S/C16H25N3O3S.ClH/c1-4-19(5-2)23(21,22)15-10-13(7-6-12(15)3)16(20)18-9-8-14(17)11-18;/h6-7,10,14H,4-5,8-9,11,17H2,1-3H3;1H/t14-;/m1./s1. The van der Waals surface area contributed by atoms with Crippen molar-refractivity contribution in [1.82, 2.24) is 9.21 Å². The molecule has 136 valence electrons. The van der Waals surface area contributed by atoms with Gasteiger partial charge in [0, 0.05) is 37.8 Å². The van der Waals surface area contributed by atoms with Crippen molar-refractivity contribution in [1.29, 1.82) is 0 Å². The maximum Gasteiger partial charge on any atom is 0.253 e. The van der Waals surface area contributed by atoms with E-state index >= 15 is 0 Å². The molecule has 1 heterocycles. The van der Waals surface area contributed by atoms with Gasteiger partial charge in [0.2, 0.25) is 10.0 Å². The van der Waals surface area contributed by atoms with Gasteiger partial charge in [-0.05, 0) is 31.0 Å². The summed E-state index contributed by atoms with van der Waals surface area (Å²) in [6.07, 6.45) is 0.780. The van der Waals surface area contributed by atoms with Crippen molar-refractivity contribution in [3.05, 3.63) is 29.3 Å². The van der Waals surface area contributed by atoms with Gasteiger partial charge in [0.05, 0.1) is 4.90 Å². The molecule has 6 nitrogen and oxygen atoms in total. The van der Waals surface area contributed by atoms with Crippen LogP contribution in [0.25, 0.3) is 0 Å². The second-order valence-electron chi connectivity index (χ2n) is 5.87. The van der Waals surface area contributed by atoms with Gasteiger partial charge in [-0.3, -0.25) is 4.79 Å². The van der Waals surface area contributed by atoms with E-state index in [4.69, 9.17) is 5.73 Å². The van der Waals surface area contributed by atoms with E-state index in [9.17, 15) is 13.2 Å². The highest BCUT2D eigenvalue weighted by atomic mass is 35.5. The van der Waals surface area contributed by atoms with Crippen LogP contribution in [0.1, 0.15) is 36.2 Å². The number of hydrogen-bond donors (Lipinski definition) is 1. The first-order valence-corrected chi connectivity index (χ1v) is 9.40. The molecule has 0 aromatic heterocycles. The van der Waals surface area contributed by atoms with Crippen molar-refractivity contribution in [3.63, 3.8) is 0 Å². The molecule has 0 saturated carbocycles. The number of carbonyl (C=O) groups excluding carboxylic acids is 1. The van der Waals surface area contributed by atoms with Gasteiger partial charge in [-0.2, -0.15) is 4.31 Å². The smallest absolute Gasteiger partial charge is 0.253 e. The van der Waals surface area contributed by atoms with Gasteiger partial charge in [-0.25, -0.2) is 8.42 Å².